The van der Waals surface area contributed by atoms with Gasteiger partial charge < -0.3 is 10.3 Å². The van der Waals surface area contributed by atoms with Crippen LogP contribution in [0.25, 0.3) is 17.3 Å². The van der Waals surface area contributed by atoms with E-state index in [4.69, 9.17) is 21.9 Å². The molecular formula is C17H19ClN6O. The number of aromatic nitrogens is 5. The lowest BCUT2D eigenvalue weighted by molar-refractivity contribution is 0.229. The average molecular weight is 359 g/mol. The minimum atomic E-state index is -0.463. The number of benzene rings is 1. The molecule has 1 aromatic carbocycles. The Morgan fingerprint density at radius 3 is 2.88 bits per heavy atom. The number of rotatable bonds is 5. The van der Waals surface area contributed by atoms with Gasteiger partial charge in [0, 0.05) is 5.02 Å². The topological polar surface area (TPSA) is 95.7 Å². The third-order valence-corrected chi connectivity index (χ3v) is 4.86. The van der Waals surface area contributed by atoms with Crippen LogP contribution in [0.1, 0.15) is 44.1 Å². The highest BCUT2D eigenvalue weighted by molar-refractivity contribution is 6.30. The molecule has 4 rings (SSSR count). The second-order valence-corrected chi connectivity index (χ2v) is 6.90. The van der Waals surface area contributed by atoms with Crippen LogP contribution in [-0.2, 0) is 12.0 Å². The predicted molar refractivity (Wildman–Crippen MR) is 93.4 cm³/mol. The molecule has 1 aliphatic rings. The van der Waals surface area contributed by atoms with E-state index < -0.39 is 5.54 Å². The molecule has 0 saturated heterocycles. The molecule has 0 bridgehead atoms. The number of nitrogens with two attached hydrogens (primary N) is 1. The van der Waals surface area contributed by atoms with Crippen molar-refractivity contribution in [2.24, 2.45) is 5.73 Å². The molecule has 1 aliphatic carbocycles. The lowest BCUT2D eigenvalue weighted by Gasteiger charge is -2.34. The van der Waals surface area contributed by atoms with Gasteiger partial charge >= 0.3 is 0 Å². The van der Waals surface area contributed by atoms with E-state index in [-0.39, 0.29) is 0 Å². The van der Waals surface area contributed by atoms with E-state index in [1.54, 1.807) is 4.68 Å². The number of halogens is 1. The summed E-state index contributed by atoms with van der Waals surface area (Å²) in [6.45, 7) is 2.10. The van der Waals surface area contributed by atoms with E-state index in [0.29, 0.717) is 22.4 Å². The number of hydrogen-bond donors (Lipinski definition) is 1. The molecular weight excluding hydrogens is 340 g/mol. The van der Waals surface area contributed by atoms with E-state index in [1.807, 2.05) is 24.3 Å². The van der Waals surface area contributed by atoms with Crippen molar-refractivity contribution in [2.75, 3.05) is 0 Å². The molecule has 2 aromatic heterocycles. The second kappa shape index (κ2) is 6.24. The zero-order valence-electron chi connectivity index (χ0n) is 13.9. The average Bonchev–Trinajstić information content (AvgIpc) is 3.20. The Kier molecular flexibility index (Phi) is 4.05. The lowest BCUT2D eigenvalue weighted by Crippen LogP contribution is -2.44. The van der Waals surface area contributed by atoms with E-state index >= 15 is 0 Å². The highest BCUT2D eigenvalue weighted by atomic mass is 35.5. The van der Waals surface area contributed by atoms with Gasteiger partial charge in [0.25, 0.3) is 5.89 Å². The van der Waals surface area contributed by atoms with Crippen LogP contribution in [0.4, 0.5) is 0 Å². The van der Waals surface area contributed by atoms with E-state index in [2.05, 4.69) is 27.4 Å². The van der Waals surface area contributed by atoms with Crippen LogP contribution in [0.5, 0.6) is 0 Å². The summed E-state index contributed by atoms with van der Waals surface area (Å²) in [7, 11) is 0. The molecule has 1 fully saturated rings. The van der Waals surface area contributed by atoms with E-state index in [1.165, 1.54) is 0 Å². The van der Waals surface area contributed by atoms with Gasteiger partial charge in [0.05, 0.1) is 16.9 Å². The van der Waals surface area contributed by atoms with E-state index in [9.17, 15) is 0 Å². The standard InChI is InChI=1S/C17H19ClN6O/c1-2-5-13-14(15-20-16(22-25-15)17(19)8-4-9-17)21-23-24(13)12-7-3-6-11(18)10-12/h3,6-7,10H,2,4-5,8-9,19H2,1H3. The molecule has 2 heterocycles. The van der Waals surface area contributed by atoms with Crippen molar-refractivity contribution in [1.29, 1.82) is 0 Å². The van der Waals surface area contributed by atoms with Gasteiger partial charge in [0.15, 0.2) is 11.5 Å². The maximum atomic E-state index is 6.28. The predicted octanol–water partition coefficient (Wildman–Crippen LogP) is 3.26. The van der Waals surface area contributed by atoms with Crippen molar-refractivity contribution in [2.45, 2.75) is 44.6 Å². The molecule has 0 atom stereocenters. The largest absolute Gasteiger partial charge is 0.332 e. The van der Waals surface area contributed by atoms with Crippen LogP contribution in [0.15, 0.2) is 28.8 Å². The third kappa shape index (κ3) is 2.83. The minimum absolute atomic E-state index is 0.364. The van der Waals surface area contributed by atoms with Crippen LogP contribution in [0.3, 0.4) is 0 Å². The molecule has 0 spiro atoms. The van der Waals surface area contributed by atoms with Crippen LogP contribution >= 0.6 is 11.6 Å². The molecule has 7 nitrogen and oxygen atoms in total. The Labute approximate surface area is 150 Å². The van der Waals surface area contributed by atoms with Crippen molar-refractivity contribution in [1.82, 2.24) is 25.1 Å². The maximum Gasteiger partial charge on any atom is 0.280 e. The summed E-state index contributed by atoms with van der Waals surface area (Å²) in [5, 5.41) is 13.3. The van der Waals surface area contributed by atoms with E-state index in [0.717, 1.165) is 43.5 Å². The molecule has 25 heavy (non-hydrogen) atoms. The molecule has 0 aliphatic heterocycles. The van der Waals surface area contributed by atoms with Crippen LogP contribution in [0.2, 0.25) is 5.02 Å². The van der Waals surface area contributed by atoms with Crippen LogP contribution in [0, 0.1) is 0 Å². The fourth-order valence-corrected chi connectivity index (χ4v) is 3.23. The van der Waals surface area contributed by atoms with Crippen LogP contribution in [-0.4, -0.2) is 25.1 Å². The zero-order valence-corrected chi connectivity index (χ0v) is 14.7. The Hall–Kier alpha value is -2.25. The molecule has 1 saturated carbocycles. The van der Waals surface area contributed by atoms with Crippen LogP contribution < -0.4 is 5.73 Å². The lowest BCUT2D eigenvalue weighted by atomic mass is 9.77. The van der Waals surface area contributed by atoms with Gasteiger partial charge in [-0.15, -0.1) is 5.10 Å². The van der Waals surface area contributed by atoms with Crippen molar-refractivity contribution < 1.29 is 4.52 Å². The first-order valence-electron chi connectivity index (χ1n) is 8.45. The first-order chi connectivity index (χ1) is 12.1. The fourth-order valence-electron chi connectivity index (χ4n) is 3.05. The smallest absolute Gasteiger partial charge is 0.280 e. The van der Waals surface area contributed by atoms with Crippen molar-refractivity contribution >= 4 is 11.6 Å². The monoisotopic (exact) mass is 358 g/mol. The first kappa shape index (κ1) is 16.2. The second-order valence-electron chi connectivity index (χ2n) is 6.46. The molecule has 8 heteroatoms. The van der Waals surface area contributed by atoms with Gasteiger partial charge in [-0.1, -0.05) is 41.4 Å². The summed E-state index contributed by atoms with van der Waals surface area (Å²) >= 11 is 6.11. The number of hydrogen-bond acceptors (Lipinski definition) is 6. The molecule has 130 valence electrons. The summed E-state index contributed by atoms with van der Waals surface area (Å²) in [5.41, 5.74) is 8.19. The minimum Gasteiger partial charge on any atom is -0.332 e. The Bertz CT molecular complexity index is 898. The molecule has 3 aromatic rings. The summed E-state index contributed by atoms with van der Waals surface area (Å²) in [6, 6.07) is 7.49. The molecule has 0 amide bonds. The summed E-state index contributed by atoms with van der Waals surface area (Å²) in [4.78, 5) is 4.50. The fraction of sp³-hybridized carbons (Fsp3) is 0.412. The van der Waals surface area contributed by atoms with Gasteiger partial charge in [-0.2, -0.15) is 4.98 Å². The highest BCUT2D eigenvalue weighted by Crippen LogP contribution is 2.37. The Balaban J connectivity index is 1.75. The molecule has 0 unspecified atom stereocenters. The van der Waals surface area contributed by atoms with Gasteiger partial charge in [0.2, 0.25) is 0 Å². The Morgan fingerprint density at radius 1 is 1.36 bits per heavy atom. The maximum absolute atomic E-state index is 6.28. The molecule has 0 radical (unpaired) electrons. The summed E-state index contributed by atoms with van der Waals surface area (Å²) in [6.07, 6.45) is 4.56. The summed E-state index contributed by atoms with van der Waals surface area (Å²) in [5.74, 6) is 0.914. The van der Waals surface area contributed by atoms with Gasteiger partial charge in [0.1, 0.15) is 0 Å². The van der Waals surface area contributed by atoms with Crippen molar-refractivity contribution in [3.05, 3.63) is 40.8 Å². The van der Waals surface area contributed by atoms with Gasteiger partial charge in [-0.3, -0.25) is 0 Å². The SMILES string of the molecule is CCCc1c(-c2nc(C3(N)CCC3)no2)nnn1-c1cccc(Cl)c1. The van der Waals surface area contributed by atoms with Crippen molar-refractivity contribution in [3.63, 3.8) is 0 Å². The molecule has 2 N–H and O–H groups in total. The quantitative estimate of drug-likeness (QED) is 0.752. The highest BCUT2D eigenvalue weighted by Gasteiger charge is 2.39. The number of nitrogens with zero attached hydrogens (tertiary/aromatic N) is 5. The first-order valence-corrected chi connectivity index (χ1v) is 8.82. The summed E-state index contributed by atoms with van der Waals surface area (Å²) < 4.78 is 7.22. The van der Waals surface area contributed by atoms with Gasteiger partial charge in [-0.05, 0) is 43.9 Å². The zero-order chi connectivity index (χ0) is 17.4. The van der Waals surface area contributed by atoms with Crippen molar-refractivity contribution in [3.8, 4) is 17.3 Å². The third-order valence-electron chi connectivity index (χ3n) is 4.62. The van der Waals surface area contributed by atoms with Gasteiger partial charge in [-0.25, -0.2) is 4.68 Å². The normalized spacial score (nSPS) is 16.0. The Morgan fingerprint density at radius 2 is 2.20 bits per heavy atom.